The molecule has 0 aromatic heterocycles. The predicted molar refractivity (Wildman–Crippen MR) is 83.9 cm³/mol. The van der Waals surface area contributed by atoms with Crippen LogP contribution in [0.2, 0.25) is 5.02 Å². The van der Waals surface area contributed by atoms with Gasteiger partial charge in [0.25, 0.3) is 0 Å². The maximum absolute atomic E-state index is 6.27. The van der Waals surface area contributed by atoms with Crippen molar-refractivity contribution in [2.24, 2.45) is 0 Å². The van der Waals surface area contributed by atoms with Crippen LogP contribution < -0.4 is 14.8 Å². The Morgan fingerprint density at radius 1 is 1.37 bits per heavy atom. The molecule has 0 atom stereocenters. The molecule has 0 heterocycles. The SMILES string of the molecule is COc1cc(CNC(C)C)cc(Cl)c1OCCSC. The second-order valence-electron chi connectivity index (χ2n) is 4.49. The summed E-state index contributed by atoms with van der Waals surface area (Å²) in [5.74, 6) is 2.25. The van der Waals surface area contributed by atoms with Gasteiger partial charge in [-0.25, -0.2) is 0 Å². The van der Waals surface area contributed by atoms with Gasteiger partial charge in [-0.3, -0.25) is 0 Å². The van der Waals surface area contributed by atoms with Crippen LogP contribution in [0.1, 0.15) is 19.4 Å². The van der Waals surface area contributed by atoms with E-state index in [1.165, 1.54) is 0 Å². The highest BCUT2D eigenvalue weighted by atomic mass is 35.5. The zero-order valence-corrected chi connectivity index (χ0v) is 13.5. The van der Waals surface area contributed by atoms with E-state index in [-0.39, 0.29) is 0 Å². The summed E-state index contributed by atoms with van der Waals surface area (Å²) < 4.78 is 11.0. The largest absolute Gasteiger partial charge is 0.493 e. The molecule has 0 saturated heterocycles. The minimum atomic E-state index is 0.433. The number of hydrogen-bond acceptors (Lipinski definition) is 4. The molecule has 0 amide bonds. The number of hydrogen-bond donors (Lipinski definition) is 1. The van der Waals surface area contributed by atoms with Gasteiger partial charge in [0.15, 0.2) is 11.5 Å². The van der Waals surface area contributed by atoms with Crippen molar-refractivity contribution in [1.29, 1.82) is 0 Å². The first-order valence-electron chi connectivity index (χ1n) is 6.30. The Morgan fingerprint density at radius 3 is 2.68 bits per heavy atom. The Balaban J connectivity index is 2.81. The summed E-state index contributed by atoms with van der Waals surface area (Å²) in [5, 5.41) is 3.95. The molecule has 1 N–H and O–H groups in total. The Morgan fingerprint density at radius 2 is 2.11 bits per heavy atom. The van der Waals surface area contributed by atoms with Crippen molar-refractivity contribution in [3.63, 3.8) is 0 Å². The van der Waals surface area contributed by atoms with Crippen molar-refractivity contribution in [2.75, 3.05) is 25.7 Å². The number of nitrogens with one attached hydrogen (secondary N) is 1. The summed E-state index contributed by atoms with van der Waals surface area (Å²) in [6, 6.07) is 4.33. The van der Waals surface area contributed by atoms with Gasteiger partial charge in [0.05, 0.1) is 18.7 Å². The summed E-state index contributed by atoms with van der Waals surface area (Å²) in [7, 11) is 1.63. The Kier molecular flexibility index (Phi) is 7.42. The topological polar surface area (TPSA) is 30.5 Å². The zero-order valence-electron chi connectivity index (χ0n) is 12.0. The fourth-order valence-electron chi connectivity index (χ4n) is 1.56. The van der Waals surface area contributed by atoms with Crippen LogP contribution in [0.3, 0.4) is 0 Å². The van der Waals surface area contributed by atoms with E-state index >= 15 is 0 Å². The standard InChI is InChI=1S/C14H22ClNO2S/c1-10(2)16-9-11-7-12(15)14(13(8-11)17-3)18-5-6-19-4/h7-8,10,16H,5-6,9H2,1-4H3. The lowest BCUT2D eigenvalue weighted by Crippen LogP contribution is -2.21. The normalized spacial score (nSPS) is 10.8. The number of methoxy groups -OCH3 is 1. The second kappa shape index (κ2) is 8.56. The van der Waals surface area contributed by atoms with Crippen LogP contribution in [-0.2, 0) is 6.54 Å². The maximum atomic E-state index is 6.27. The molecule has 3 nitrogen and oxygen atoms in total. The molecule has 0 aliphatic carbocycles. The van der Waals surface area contributed by atoms with E-state index in [4.69, 9.17) is 21.1 Å². The van der Waals surface area contributed by atoms with Crippen molar-refractivity contribution < 1.29 is 9.47 Å². The molecular formula is C14H22ClNO2S. The van der Waals surface area contributed by atoms with Gasteiger partial charge in [-0.15, -0.1) is 0 Å². The van der Waals surface area contributed by atoms with E-state index in [0.717, 1.165) is 17.9 Å². The molecule has 108 valence electrons. The molecule has 1 aromatic rings. The molecule has 0 unspecified atom stereocenters. The minimum Gasteiger partial charge on any atom is -0.493 e. The van der Waals surface area contributed by atoms with E-state index in [1.54, 1.807) is 18.9 Å². The number of ether oxygens (including phenoxy) is 2. The van der Waals surface area contributed by atoms with Crippen LogP contribution in [0.15, 0.2) is 12.1 Å². The lowest BCUT2D eigenvalue weighted by Gasteiger charge is -2.15. The molecule has 0 fully saturated rings. The van der Waals surface area contributed by atoms with Crippen LogP contribution >= 0.6 is 23.4 Å². The van der Waals surface area contributed by atoms with Crippen molar-refractivity contribution >= 4 is 23.4 Å². The van der Waals surface area contributed by atoms with E-state index in [9.17, 15) is 0 Å². The fourth-order valence-corrected chi connectivity index (χ4v) is 2.10. The zero-order chi connectivity index (χ0) is 14.3. The quantitative estimate of drug-likeness (QED) is 0.744. The van der Waals surface area contributed by atoms with Gasteiger partial charge in [-0.05, 0) is 24.0 Å². The molecule has 0 aliphatic heterocycles. The molecule has 1 rings (SSSR count). The minimum absolute atomic E-state index is 0.433. The first-order valence-corrected chi connectivity index (χ1v) is 8.07. The van der Waals surface area contributed by atoms with E-state index in [0.29, 0.717) is 29.2 Å². The number of benzene rings is 1. The molecule has 0 bridgehead atoms. The van der Waals surface area contributed by atoms with Crippen molar-refractivity contribution in [3.8, 4) is 11.5 Å². The van der Waals surface area contributed by atoms with Crippen LogP contribution in [-0.4, -0.2) is 31.8 Å². The average Bonchev–Trinajstić information content (AvgIpc) is 2.38. The maximum Gasteiger partial charge on any atom is 0.179 e. The molecule has 0 spiro atoms. The van der Waals surface area contributed by atoms with Crippen LogP contribution in [0.25, 0.3) is 0 Å². The summed E-state index contributed by atoms with van der Waals surface area (Å²) in [5.41, 5.74) is 1.09. The predicted octanol–water partition coefficient (Wildman–Crippen LogP) is 3.59. The fraction of sp³-hybridized carbons (Fsp3) is 0.571. The highest BCUT2D eigenvalue weighted by Crippen LogP contribution is 2.36. The van der Waals surface area contributed by atoms with Gasteiger partial charge >= 0.3 is 0 Å². The second-order valence-corrected chi connectivity index (χ2v) is 5.88. The molecule has 19 heavy (non-hydrogen) atoms. The molecule has 0 saturated carbocycles. The number of halogens is 1. The third-order valence-corrected chi connectivity index (χ3v) is 3.39. The van der Waals surface area contributed by atoms with E-state index < -0.39 is 0 Å². The molecule has 0 aliphatic rings. The lowest BCUT2D eigenvalue weighted by atomic mass is 10.2. The van der Waals surface area contributed by atoms with Gasteiger partial charge in [0, 0.05) is 18.3 Å². The smallest absolute Gasteiger partial charge is 0.179 e. The summed E-state index contributed by atoms with van der Waals surface area (Å²) >= 11 is 8.00. The van der Waals surface area contributed by atoms with Gasteiger partial charge in [0.1, 0.15) is 0 Å². The molecule has 1 aromatic carbocycles. The molecular weight excluding hydrogens is 282 g/mol. The molecule has 0 radical (unpaired) electrons. The summed E-state index contributed by atoms with van der Waals surface area (Å²) in [6.45, 7) is 5.61. The first kappa shape index (κ1) is 16.5. The van der Waals surface area contributed by atoms with Gasteiger partial charge in [0.2, 0.25) is 0 Å². The van der Waals surface area contributed by atoms with Crippen molar-refractivity contribution in [2.45, 2.75) is 26.4 Å². The Hall–Kier alpha value is -0.580. The van der Waals surface area contributed by atoms with Crippen LogP contribution in [0.4, 0.5) is 0 Å². The van der Waals surface area contributed by atoms with Gasteiger partial charge < -0.3 is 14.8 Å². The Bertz CT molecular complexity index is 399. The first-order chi connectivity index (χ1) is 9.08. The van der Waals surface area contributed by atoms with Gasteiger partial charge in [-0.2, -0.15) is 11.8 Å². The van der Waals surface area contributed by atoms with Crippen molar-refractivity contribution in [3.05, 3.63) is 22.7 Å². The third kappa shape index (κ3) is 5.51. The highest BCUT2D eigenvalue weighted by molar-refractivity contribution is 7.98. The summed E-state index contributed by atoms with van der Waals surface area (Å²) in [6.07, 6.45) is 2.04. The third-order valence-electron chi connectivity index (χ3n) is 2.54. The van der Waals surface area contributed by atoms with Crippen LogP contribution in [0, 0.1) is 0 Å². The average molecular weight is 304 g/mol. The number of rotatable bonds is 8. The van der Waals surface area contributed by atoms with E-state index in [1.807, 2.05) is 18.4 Å². The highest BCUT2D eigenvalue weighted by Gasteiger charge is 2.12. The monoisotopic (exact) mass is 303 g/mol. The lowest BCUT2D eigenvalue weighted by molar-refractivity contribution is 0.313. The van der Waals surface area contributed by atoms with E-state index in [2.05, 4.69) is 19.2 Å². The van der Waals surface area contributed by atoms with Crippen LogP contribution in [0.5, 0.6) is 11.5 Å². The Labute approximate surface area is 125 Å². The number of thioether (sulfide) groups is 1. The van der Waals surface area contributed by atoms with Crippen molar-refractivity contribution in [1.82, 2.24) is 5.32 Å². The van der Waals surface area contributed by atoms with Gasteiger partial charge in [-0.1, -0.05) is 25.4 Å². The summed E-state index contributed by atoms with van der Waals surface area (Å²) in [4.78, 5) is 0. The molecule has 5 heteroatoms.